The summed E-state index contributed by atoms with van der Waals surface area (Å²) in [5, 5.41) is 2.59. The molecule has 0 saturated heterocycles. The second-order valence-electron chi connectivity index (χ2n) is 6.31. The minimum Gasteiger partial charge on any atom is -0.434 e. The van der Waals surface area contributed by atoms with E-state index < -0.39 is 22.5 Å². The van der Waals surface area contributed by atoms with Gasteiger partial charge >= 0.3 is 6.61 Å². The highest BCUT2D eigenvalue weighted by Gasteiger charge is 2.24. The van der Waals surface area contributed by atoms with Gasteiger partial charge in [0.05, 0.1) is 4.90 Å². The van der Waals surface area contributed by atoms with Crippen molar-refractivity contribution in [2.24, 2.45) is 0 Å². The number of sulfonamides is 1. The lowest BCUT2D eigenvalue weighted by Crippen LogP contribution is -2.33. The van der Waals surface area contributed by atoms with E-state index in [2.05, 4.69) is 10.1 Å². The van der Waals surface area contributed by atoms with Crippen LogP contribution in [0.2, 0.25) is 0 Å². The summed E-state index contributed by atoms with van der Waals surface area (Å²) in [6, 6.07) is 11.5. The number of benzene rings is 2. The standard InChI is InChI=1S/C19H22F2N2O4S/c1-13(2)23(3)28(25,26)16-9-6-8-14(11-16)18(24)22-12-15-7-4-5-10-17(15)27-19(20)21/h4-11,13,19H,12H2,1-3H3,(H,22,24). The number of carbonyl (C=O) groups excluding carboxylic acids is 1. The highest BCUT2D eigenvalue weighted by Crippen LogP contribution is 2.21. The van der Waals surface area contributed by atoms with Gasteiger partial charge in [0, 0.05) is 30.8 Å². The molecule has 0 spiro atoms. The smallest absolute Gasteiger partial charge is 0.387 e. The summed E-state index contributed by atoms with van der Waals surface area (Å²) < 4.78 is 55.7. The SMILES string of the molecule is CC(C)N(C)S(=O)(=O)c1cccc(C(=O)NCc2ccccc2OC(F)F)c1. The number of carbonyl (C=O) groups is 1. The lowest BCUT2D eigenvalue weighted by Gasteiger charge is -2.21. The molecule has 2 aromatic rings. The molecule has 1 amide bonds. The van der Waals surface area contributed by atoms with Gasteiger partial charge in [-0.3, -0.25) is 4.79 Å². The number of para-hydroxylation sites is 1. The molecule has 2 aromatic carbocycles. The molecule has 0 aliphatic carbocycles. The predicted molar refractivity (Wildman–Crippen MR) is 101 cm³/mol. The van der Waals surface area contributed by atoms with Crippen molar-refractivity contribution in [1.82, 2.24) is 9.62 Å². The van der Waals surface area contributed by atoms with Crippen LogP contribution in [0.4, 0.5) is 8.78 Å². The summed E-state index contributed by atoms with van der Waals surface area (Å²) in [6.07, 6.45) is 0. The van der Waals surface area contributed by atoms with Crippen LogP contribution in [0.3, 0.4) is 0 Å². The number of amides is 1. The van der Waals surface area contributed by atoms with Gasteiger partial charge in [-0.25, -0.2) is 8.42 Å². The highest BCUT2D eigenvalue weighted by atomic mass is 32.2. The van der Waals surface area contributed by atoms with E-state index in [1.165, 1.54) is 41.7 Å². The van der Waals surface area contributed by atoms with E-state index in [0.717, 1.165) is 0 Å². The van der Waals surface area contributed by atoms with Crippen LogP contribution in [-0.4, -0.2) is 38.3 Å². The first-order valence-electron chi connectivity index (χ1n) is 8.52. The number of halogens is 2. The molecular formula is C19H22F2N2O4S. The molecule has 0 saturated carbocycles. The fourth-order valence-corrected chi connectivity index (χ4v) is 3.79. The van der Waals surface area contributed by atoms with Gasteiger partial charge in [-0.1, -0.05) is 24.3 Å². The molecule has 0 radical (unpaired) electrons. The maximum Gasteiger partial charge on any atom is 0.387 e. The molecule has 0 aliphatic rings. The van der Waals surface area contributed by atoms with Gasteiger partial charge < -0.3 is 10.1 Å². The topological polar surface area (TPSA) is 75.7 Å². The van der Waals surface area contributed by atoms with E-state index in [1.54, 1.807) is 32.0 Å². The van der Waals surface area contributed by atoms with Gasteiger partial charge in [0.1, 0.15) is 5.75 Å². The van der Waals surface area contributed by atoms with Crippen LogP contribution in [0, 0.1) is 0 Å². The molecule has 28 heavy (non-hydrogen) atoms. The monoisotopic (exact) mass is 412 g/mol. The van der Waals surface area contributed by atoms with E-state index in [1.807, 2.05) is 0 Å². The van der Waals surface area contributed by atoms with Crippen LogP contribution >= 0.6 is 0 Å². The first kappa shape index (κ1) is 21.8. The van der Waals surface area contributed by atoms with Crippen molar-refractivity contribution >= 4 is 15.9 Å². The maximum absolute atomic E-state index is 12.6. The van der Waals surface area contributed by atoms with Crippen molar-refractivity contribution in [1.29, 1.82) is 0 Å². The molecule has 0 aromatic heterocycles. The molecule has 0 aliphatic heterocycles. The van der Waals surface area contributed by atoms with Gasteiger partial charge in [-0.2, -0.15) is 13.1 Å². The first-order valence-corrected chi connectivity index (χ1v) is 9.96. The number of ether oxygens (including phenoxy) is 1. The Hall–Kier alpha value is -2.52. The highest BCUT2D eigenvalue weighted by molar-refractivity contribution is 7.89. The van der Waals surface area contributed by atoms with E-state index in [9.17, 15) is 22.0 Å². The second-order valence-corrected chi connectivity index (χ2v) is 8.31. The molecule has 6 nitrogen and oxygen atoms in total. The zero-order valence-electron chi connectivity index (χ0n) is 15.7. The Morgan fingerprint density at radius 2 is 1.82 bits per heavy atom. The largest absolute Gasteiger partial charge is 0.434 e. The van der Waals surface area contributed by atoms with Crippen molar-refractivity contribution in [3.8, 4) is 5.75 Å². The lowest BCUT2D eigenvalue weighted by molar-refractivity contribution is -0.0504. The molecule has 152 valence electrons. The van der Waals surface area contributed by atoms with Crippen molar-refractivity contribution < 1.29 is 26.7 Å². The molecule has 0 atom stereocenters. The minimum atomic E-state index is -3.73. The van der Waals surface area contributed by atoms with Crippen LogP contribution in [0.1, 0.15) is 29.8 Å². The van der Waals surface area contributed by atoms with Gasteiger partial charge in [0.25, 0.3) is 5.91 Å². The number of rotatable bonds is 8. The summed E-state index contributed by atoms with van der Waals surface area (Å²) in [6.45, 7) is 0.460. The molecule has 0 unspecified atom stereocenters. The number of alkyl halides is 2. The van der Waals surface area contributed by atoms with Gasteiger partial charge in [0.2, 0.25) is 10.0 Å². The maximum atomic E-state index is 12.6. The zero-order valence-corrected chi connectivity index (χ0v) is 16.5. The normalized spacial score (nSPS) is 11.9. The molecule has 0 heterocycles. The van der Waals surface area contributed by atoms with Crippen molar-refractivity contribution in [3.05, 3.63) is 59.7 Å². The number of hydrogen-bond acceptors (Lipinski definition) is 4. The third-order valence-corrected chi connectivity index (χ3v) is 6.16. The molecule has 1 N–H and O–H groups in total. The van der Waals surface area contributed by atoms with E-state index in [4.69, 9.17) is 0 Å². The first-order chi connectivity index (χ1) is 13.1. The summed E-state index contributed by atoms with van der Waals surface area (Å²) in [4.78, 5) is 12.4. The molecule has 0 fully saturated rings. The van der Waals surface area contributed by atoms with Crippen LogP contribution < -0.4 is 10.1 Å². The van der Waals surface area contributed by atoms with Gasteiger partial charge in [-0.15, -0.1) is 0 Å². The van der Waals surface area contributed by atoms with E-state index in [0.29, 0.717) is 5.56 Å². The second kappa shape index (κ2) is 9.11. The van der Waals surface area contributed by atoms with E-state index in [-0.39, 0.29) is 28.8 Å². The number of nitrogens with zero attached hydrogens (tertiary/aromatic N) is 1. The Morgan fingerprint density at radius 3 is 2.46 bits per heavy atom. The third-order valence-electron chi connectivity index (χ3n) is 4.13. The van der Waals surface area contributed by atoms with Crippen LogP contribution in [0.25, 0.3) is 0 Å². The number of hydrogen-bond donors (Lipinski definition) is 1. The van der Waals surface area contributed by atoms with Crippen molar-refractivity contribution in [2.75, 3.05) is 7.05 Å². The summed E-state index contributed by atoms with van der Waals surface area (Å²) in [7, 11) is -2.27. The van der Waals surface area contributed by atoms with Crippen molar-refractivity contribution in [3.63, 3.8) is 0 Å². The molecular weight excluding hydrogens is 390 g/mol. The van der Waals surface area contributed by atoms with Gasteiger partial charge in [0.15, 0.2) is 0 Å². The van der Waals surface area contributed by atoms with Crippen LogP contribution in [0.15, 0.2) is 53.4 Å². The Bertz CT molecular complexity index is 933. The minimum absolute atomic E-state index is 0.00205. The van der Waals surface area contributed by atoms with Gasteiger partial charge in [-0.05, 0) is 38.1 Å². The number of nitrogens with one attached hydrogen (secondary N) is 1. The Kier molecular flexibility index (Phi) is 7.09. The Balaban J connectivity index is 2.17. The summed E-state index contributed by atoms with van der Waals surface area (Å²) in [5.41, 5.74) is 0.518. The molecule has 0 bridgehead atoms. The Morgan fingerprint density at radius 1 is 1.14 bits per heavy atom. The summed E-state index contributed by atoms with van der Waals surface area (Å²) >= 11 is 0. The van der Waals surface area contributed by atoms with Crippen LogP contribution in [-0.2, 0) is 16.6 Å². The lowest BCUT2D eigenvalue weighted by atomic mass is 10.1. The average Bonchev–Trinajstić information content (AvgIpc) is 2.66. The zero-order chi connectivity index (χ0) is 20.9. The van der Waals surface area contributed by atoms with Crippen molar-refractivity contribution in [2.45, 2.75) is 37.9 Å². The third kappa shape index (κ3) is 5.26. The predicted octanol–water partition coefficient (Wildman–Crippen LogP) is 3.25. The Labute approximate surface area is 163 Å². The van der Waals surface area contributed by atoms with E-state index >= 15 is 0 Å². The quantitative estimate of drug-likeness (QED) is 0.722. The molecule has 2 rings (SSSR count). The summed E-state index contributed by atoms with van der Waals surface area (Å²) in [5.74, 6) is -0.566. The van der Waals surface area contributed by atoms with Crippen LogP contribution in [0.5, 0.6) is 5.75 Å². The molecule has 9 heteroatoms. The fraction of sp³-hybridized carbons (Fsp3) is 0.316. The fourth-order valence-electron chi connectivity index (χ4n) is 2.38. The average molecular weight is 412 g/mol.